The van der Waals surface area contributed by atoms with E-state index in [1.54, 1.807) is 0 Å². The topological polar surface area (TPSA) is 156 Å². The zero-order valence-electron chi connectivity index (χ0n) is 4.46. The van der Waals surface area contributed by atoms with Crippen molar-refractivity contribution in [2.24, 2.45) is 11.6 Å². The summed E-state index contributed by atoms with van der Waals surface area (Å²) in [6, 6.07) is 0. The van der Waals surface area contributed by atoms with Crippen LogP contribution >= 0.6 is 0 Å². The first-order chi connectivity index (χ1) is 4.00. The number of carboxylic acid groups (broad SMARTS) is 2. The van der Waals surface area contributed by atoms with E-state index < -0.39 is 6.16 Å². The number of carbonyl (C=O) groups excluding carboxylic acids is 1. The van der Waals surface area contributed by atoms with Crippen LogP contribution in [0, 0.1) is 5.41 Å². The average molecular weight is 135 g/mol. The zero-order valence-corrected chi connectivity index (χ0v) is 4.46. The maximum absolute atomic E-state index is 8.33. The highest BCUT2D eigenvalue weighted by Gasteiger charge is 1.74. The van der Waals surface area contributed by atoms with Gasteiger partial charge in [0.15, 0.2) is 0 Å². The molecule has 0 atom stereocenters. The molecule has 7 heteroatoms. The minimum absolute atomic E-state index is 0.0926. The summed E-state index contributed by atoms with van der Waals surface area (Å²) in [7, 11) is 0. The smallest absolute Gasteiger partial charge is 0.308 e. The molecule has 54 valence electrons. The average Bonchev–Trinajstić information content (AvgIpc) is 1.65. The van der Waals surface area contributed by atoms with Crippen LogP contribution in [-0.2, 0) is 0 Å². The van der Waals surface area contributed by atoms with Crippen molar-refractivity contribution in [2.75, 3.05) is 0 Å². The molecule has 0 saturated carbocycles. The van der Waals surface area contributed by atoms with E-state index >= 15 is 0 Å². The monoisotopic (exact) mass is 135 g/mol. The first kappa shape index (κ1) is 10.6. The molecule has 0 unspecified atom stereocenters. The summed E-state index contributed by atoms with van der Waals surface area (Å²) in [5.41, 5.74) is 5.72. The highest BCUT2D eigenvalue weighted by Crippen LogP contribution is 1.21. The van der Waals surface area contributed by atoms with Crippen molar-refractivity contribution in [3.63, 3.8) is 0 Å². The molecule has 0 aromatic rings. The Morgan fingerprint density at radius 3 is 1.67 bits per heavy atom. The number of hydrogen-bond donors (Lipinski definition) is 4. The molecule has 9 heavy (non-hydrogen) atoms. The van der Waals surface area contributed by atoms with Crippen LogP contribution in [0.1, 0.15) is 0 Å². The van der Waals surface area contributed by atoms with Crippen molar-refractivity contribution < 1.29 is 20.4 Å². The highest BCUT2D eigenvalue weighted by molar-refractivity contribution is 5.62. The van der Waals surface area contributed by atoms with Crippen molar-refractivity contribution in [2.45, 2.75) is 0 Å². The van der Waals surface area contributed by atoms with E-state index in [1.165, 1.54) is 0 Å². The Kier molecular flexibility index (Phi) is 7.85. The van der Waals surface area contributed by atoms with E-state index in [1.807, 2.05) is 0 Å². The van der Waals surface area contributed by atoms with E-state index in [9.17, 15) is 0 Å². The van der Waals surface area contributed by atoms with Gasteiger partial charge in [-0.3, -0.25) is 0 Å². The number of nitrogens with two attached hydrogens (primary N) is 3. The Labute approximate surface area is 50.7 Å². The Balaban J connectivity index is 0. The maximum Gasteiger partial charge on any atom is 0.308 e. The molecule has 0 aliphatic rings. The van der Waals surface area contributed by atoms with Gasteiger partial charge in [0.25, 0.3) is 0 Å². The summed E-state index contributed by atoms with van der Waals surface area (Å²) < 4.78 is 0. The molecule has 0 aromatic heterocycles. The van der Waals surface area contributed by atoms with Crippen molar-refractivity contribution in [1.29, 1.82) is 5.41 Å². The lowest BCUT2D eigenvalue weighted by molar-refractivity contribution is -0.555. The summed E-state index contributed by atoms with van der Waals surface area (Å²) in [5.74, 6) is 4.60. The Hall–Kier alpha value is -1.34. The molecule has 7 N–H and O–H groups in total. The molecule has 0 spiro atoms. The molecular formula is C2H7N4O3-. The van der Waals surface area contributed by atoms with Crippen LogP contribution in [0.25, 0.3) is 0 Å². The molecule has 0 aromatic carbocycles. The lowest BCUT2D eigenvalue weighted by atomic mass is 11.1. The summed E-state index contributed by atoms with van der Waals surface area (Å²) >= 11 is 0. The number of hydrogen-bond acceptors (Lipinski definition) is 5. The second-order valence-corrected chi connectivity index (χ2v) is 0.872. The van der Waals surface area contributed by atoms with Gasteiger partial charge < -0.3 is 20.7 Å². The molecule has 0 aliphatic carbocycles. The molecule has 0 rings (SSSR count). The number of carbonyl (C=O) groups is 1. The van der Waals surface area contributed by atoms with Gasteiger partial charge in [0.1, 0.15) is 0 Å². The molecule has 0 heterocycles. The standard InChI is InChI=1S/CH6N4.CH2O3/c2-1(3)5-4;2-1(3)4/h4H2,(H4,2,3,5);(H2,2,3,4)/p-1. The van der Waals surface area contributed by atoms with E-state index in [-0.39, 0.29) is 5.96 Å². The summed E-state index contributed by atoms with van der Waals surface area (Å²) in [5, 5.41) is 23.0. The van der Waals surface area contributed by atoms with Gasteiger partial charge in [-0.1, -0.05) is 0 Å². The first-order valence-corrected chi connectivity index (χ1v) is 1.77. The van der Waals surface area contributed by atoms with Gasteiger partial charge in [-0.15, -0.1) is 0 Å². The minimum Gasteiger partial charge on any atom is -0.652 e. The second kappa shape index (κ2) is 6.66. The largest absolute Gasteiger partial charge is 0.652 e. The quantitative estimate of drug-likeness (QED) is 0.113. The molecule has 7 nitrogen and oxygen atoms in total. The lowest BCUT2D eigenvalue weighted by Gasteiger charge is -1.96. The van der Waals surface area contributed by atoms with Gasteiger partial charge in [0.05, 0.1) is 0 Å². The molecule has 0 fully saturated rings. The molecule has 0 bridgehead atoms. The van der Waals surface area contributed by atoms with Crippen LogP contribution in [-0.4, -0.2) is 12.1 Å². The van der Waals surface area contributed by atoms with Gasteiger partial charge in [-0.2, -0.15) is 5.84 Å². The third-order valence-electron chi connectivity index (χ3n) is 0.180. The van der Waals surface area contributed by atoms with Crippen molar-refractivity contribution >= 4 is 12.1 Å². The van der Waals surface area contributed by atoms with Gasteiger partial charge >= 0.3 is 5.96 Å². The van der Waals surface area contributed by atoms with Crippen LogP contribution in [0.5, 0.6) is 0 Å². The van der Waals surface area contributed by atoms with Crippen LogP contribution in [0.15, 0.2) is 0 Å². The van der Waals surface area contributed by atoms with Gasteiger partial charge in [-0.25, -0.2) is 10.8 Å². The highest BCUT2D eigenvalue weighted by atomic mass is 16.6. The van der Waals surface area contributed by atoms with Gasteiger partial charge in [-0.05, 0) is 6.16 Å². The van der Waals surface area contributed by atoms with E-state index in [0.717, 1.165) is 5.43 Å². The fourth-order valence-electron chi connectivity index (χ4n) is 0. The number of nitrogens with one attached hydrogen (secondary N) is 1. The van der Waals surface area contributed by atoms with Crippen LogP contribution in [0.2, 0.25) is 0 Å². The fourth-order valence-corrected chi connectivity index (χ4v) is 0. The Morgan fingerprint density at radius 2 is 1.67 bits per heavy atom. The minimum atomic E-state index is -2.33. The van der Waals surface area contributed by atoms with Crippen LogP contribution < -0.4 is 27.2 Å². The van der Waals surface area contributed by atoms with Crippen LogP contribution in [0.4, 0.5) is 4.79 Å². The van der Waals surface area contributed by atoms with Crippen molar-refractivity contribution in [1.82, 2.24) is 0 Å². The maximum atomic E-state index is 8.33. The predicted molar refractivity (Wildman–Crippen MR) is 23.4 cm³/mol. The Bertz CT molecular complexity index is 98.0. The predicted octanol–water partition coefficient (Wildman–Crippen LogP) is -5.13. The zero-order chi connectivity index (χ0) is 7.86. The van der Waals surface area contributed by atoms with Crippen molar-refractivity contribution in [3.05, 3.63) is 0 Å². The van der Waals surface area contributed by atoms with Gasteiger partial charge in [0, 0.05) is 0 Å². The summed E-state index contributed by atoms with van der Waals surface area (Å²) in [6.45, 7) is 0. The van der Waals surface area contributed by atoms with Gasteiger partial charge in [0.2, 0.25) is 0 Å². The second-order valence-electron chi connectivity index (χ2n) is 0.872. The summed E-state index contributed by atoms with van der Waals surface area (Å²) in [6.07, 6.45) is -2.33. The molecule has 0 aliphatic heterocycles. The summed E-state index contributed by atoms with van der Waals surface area (Å²) in [4.78, 5) is 8.33. The third-order valence-corrected chi connectivity index (χ3v) is 0.180. The SMILES string of the molecule is N=C(N)[NH2+]N.O=C([O-])[O-]. The van der Waals surface area contributed by atoms with E-state index in [2.05, 4.69) is 0 Å². The van der Waals surface area contributed by atoms with E-state index in [0.29, 0.717) is 0 Å². The normalized spacial score (nSPS) is 6.78. The molecule has 0 amide bonds. The fraction of sp³-hybridized carbons (Fsp3) is 0. The molecular weight excluding hydrogens is 128 g/mol. The third kappa shape index (κ3) is 332. The lowest BCUT2D eigenvalue weighted by Crippen LogP contribution is -2.96. The Morgan fingerprint density at radius 1 is 1.56 bits per heavy atom. The number of rotatable bonds is 0. The molecule has 0 radical (unpaired) electrons. The van der Waals surface area contributed by atoms with Crippen LogP contribution in [0.3, 0.4) is 0 Å². The van der Waals surface area contributed by atoms with E-state index in [4.69, 9.17) is 32.0 Å². The molecule has 0 saturated heterocycles. The number of guanidine groups is 1. The van der Waals surface area contributed by atoms with Crippen molar-refractivity contribution in [3.8, 4) is 0 Å². The first-order valence-electron chi connectivity index (χ1n) is 1.77. The number of quaternary nitrogens is 1.